The standard InChI is InChI=1S/C46H62N9O17P/c1-27(2)41(46(66)54-34(43(63)50-25-40(60)61)21-30-10-14-32(15-11-30)72-73(67,68)69)55-45(65)36(23-37(48)57)53-44(64)35(22-29-8-12-31(56)13-9-29)51-38(58)24-49-42(62)33(20-28-6-4-3-5-7-28)52-39(59)26-71-19-18-70-17-16-47/h3-15,27,33-36,41,56H,16-26,47H2,1-2H3,(H2,48,57)(H,49,62)(H,50,63)(H,51,58)(H,52,59)(H,53,64)(H,54,66)(H,55,65)(H,60,61)(H2,67,68,69)/t33-,34-,35-,36-,41-/m0/s1. The fourth-order valence-corrected chi connectivity index (χ4v) is 7.06. The Hall–Kier alpha value is -7.48. The van der Waals surface area contributed by atoms with Gasteiger partial charge in [0.1, 0.15) is 54.9 Å². The maximum atomic E-state index is 14.0. The molecule has 73 heavy (non-hydrogen) atoms. The lowest BCUT2D eigenvalue weighted by molar-refractivity contribution is -0.138. The van der Waals surface area contributed by atoms with Crippen LogP contribution in [0.5, 0.6) is 11.5 Å². The summed E-state index contributed by atoms with van der Waals surface area (Å²) in [6.07, 6.45) is -1.35. The van der Waals surface area contributed by atoms with E-state index in [1.165, 1.54) is 62.4 Å². The number of carboxylic acid groups (broad SMARTS) is 1. The number of benzene rings is 3. The van der Waals surface area contributed by atoms with Gasteiger partial charge in [-0.1, -0.05) is 68.4 Å². The first kappa shape index (κ1) is 59.8. The summed E-state index contributed by atoms with van der Waals surface area (Å²) in [5, 5.41) is 36.0. The zero-order chi connectivity index (χ0) is 54.1. The van der Waals surface area contributed by atoms with Gasteiger partial charge >= 0.3 is 13.8 Å². The maximum absolute atomic E-state index is 14.0. The number of primary amides is 1. The topological polar surface area (TPSA) is 416 Å². The lowest BCUT2D eigenvalue weighted by Crippen LogP contribution is -2.60. The van der Waals surface area contributed by atoms with E-state index in [9.17, 15) is 52.8 Å². The number of rotatable bonds is 32. The van der Waals surface area contributed by atoms with E-state index >= 15 is 0 Å². The molecule has 15 N–H and O–H groups in total. The van der Waals surface area contributed by atoms with E-state index in [4.69, 9.17) is 35.8 Å². The third kappa shape index (κ3) is 23.5. The second-order valence-electron chi connectivity index (χ2n) is 16.5. The van der Waals surface area contributed by atoms with Crippen LogP contribution in [-0.2, 0) is 76.5 Å². The van der Waals surface area contributed by atoms with E-state index in [0.29, 0.717) is 29.8 Å². The molecule has 0 fully saturated rings. The molecule has 3 rings (SSSR count). The van der Waals surface area contributed by atoms with Crippen LogP contribution in [0.25, 0.3) is 0 Å². The molecule has 0 aromatic heterocycles. The van der Waals surface area contributed by atoms with Gasteiger partial charge in [0.2, 0.25) is 47.3 Å². The van der Waals surface area contributed by atoms with Crippen LogP contribution in [0.4, 0.5) is 0 Å². The molecule has 5 atom stereocenters. The van der Waals surface area contributed by atoms with Crippen LogP contribution in [0, 0.1) is 5.92 Å². The number of carbonyl (C=O) groups is 9. The van der Waals surface area contributed by atoms with E-state index < -0.39 is 123 Å². The van der Waals surface area contributed by atoms with Gasteiger partial charge in [-0.05, 0) is 46.9 Å². The molecule has 0 heterocycles. The van der Waals surface area contributed by atoms with E-state index in [2.05, 4.69) is 41.7 Å². The third-order valence-corrected chi connectivity index (χ3v) is 10.6. The summed E-state index contributed by atoms with van der Waals surface area (Å²) in [5.41, 5.74) is 12.3. The van der Waals surface area contributed by atoms with Crippen molar-refractivity contribution in [3.8, 4) is 11.5 Å². The van der Waals surface area contributed by atoms with Crippen molar-refractivity contribution in [1.29, 1.82) is 0 Å². The highest BCUT2D eigenvalue weighted by Crippen LogP contribution is 2.37. The quantitative estimate of drug-likeness (QED) is 0.0221. The van der Waals surface area contributed by atoms with E-state index in [1.54, 1.807) is 30.3 Å². The number of amides is 8. The van der Waals surface area contributed by atoms with Gasteiger partial charge in [-0.15, -0.1) is 0 Å². The molecular weight excluding hydrogens is 982 g/mol. The van der Waals surface area contributed by atoms with E-state index in [0.717, 1.165) is 0 Å². The molecule has 0 aliphatic carbocycles. The highest BCUT2D eigenvalue weighted by Gasteiger charge is 2.34. The van der Waals surface area contributed by atoms with Crippen molar-refractivity contribution in [2.24, 2.45) is 17.4 Å². The number of hydrogen-bond donors (Lipinski definition) is 13. The monoisotopic (exact) mass is 1040 g/mol. The number of carboxylic acids is 1. The van der Waals surface area contributed by atoms with Crippen LogP contribution in [0.1, 0.15) is 37.0 Å². The number of phosphoric ester groups is 1. The van der Waals surface area contributed by atoms with Crippen LogP contribution < -0.4 is 53.2 Å². The van der Waals surface area contributed by atoms with Gasteiger partial charge in [-0.25, -0.2) is 4.57 Å². The number of nitrogens with one attached hydrogen (secondary N) is 7. The Morgan fingerprint density at radius 1 is 0.589 bits per heavy atom. The van der Waals surface area contributed by atoms with E-state index in [-0.39, 0.29) is 44.0 Å². The molecule has 0 saturated carbocycles. The van der Waals surface area contributed by atoms with Crippen molar-refractivity contribution >= 4 is 61.0 Å². The van der Waals surface area contributed by atoms with Crippen LogP contribution >= 0.6 is 7.82 Å². The molecule has 0 unspecified atom stereocenters. The first-order chi connectivity index (χ1) is 34.5. The average molecular weight is 1040 g/mol. The molecule has 0 saturated heterocycles. The van der Waals surface area contributed by atoms with Gasteiger partial charge in [0.15, 0.2) is 0 Å². The Labute approximate surface area is 419 Å². The summed E-state index contributed by atoms with van der Waals surface area (Å²) in [6, 6.07) is 11.8. The zero-order valence-electron chi connectivity index (χ0n) is 39.9. The number of aliphatic carboxylic acids is 1. The molecule has 3 aromatic carbocycles. The predicted molar refractivity (Wildman–Crippen MR) is 257 cm³/mol. The molecule has 0 aliphatic rings. The van der Waals surface area contributed by atoms with Crippen molar-refractivity contribution in [2.75, 3.05) is 46.1 Å². The van der Waals surface area contributed by atoms with Crippen molar-refractivity contribution in [3.63, 3.8) is 0 Å². The molecule has 0 bridgehead atoms. The number of carbonyl (C=O) groups excluding carboxylic acids is 8. The van der Waals surface area contributed by atoms with E-state index in [1.807, 2.05) is 0 Å². The van der Waals surface area contributed by atoms with Gasteiger partial charge in [-0.2, -0.15) is 0 Å². The Bertz CT molecular complexity index is 2390. The lowest BCUT2D eigenvalue weighted by Gasteiger charge is -2.28. The first-order valence-electron chi connectivity index (χ1n) is 22.6. The van der Waals surface area contributed by atoms with Crippen molar-refractivity contribution in [1.82, 2.24) is 37.2 Å². The zero-order valence-corrected chi connectivity index (χ0v) is 40.8. The Morgan fingerprint density at radius 2 is 1.08 bits per heavy atom. The van der Waals surface area contributed by atoms with Gasteiger partial charge in [-0.3, -0.25) is 52.9 Å². The fourth-order valence-electron chi connectivity index (χ4n) is 6.66. The minimum Gasteiger partial charge on any atom is -0.508 e. The largest absolute Gasteiger partial charge is 0.524 e. The number of aromatic hydroxyl groups is 1. The van der Waals surface area contributed by atoms with Crippen LogP contribution in [0.2, 0.25) is 0 Å². The minimum atomic E-state index is -4.91. The van der Waals surface area contributed by atoms with Crippen LogP contribution in [-0.4, -0.2) is 149 Å². The molecule has 0 radical (unpaired) electrons. The normalized spacial score (nSPS) is 13.2. The molecule has 8 amide bonds. The van der Waals surface area contributed by atoms with Crippen LogP contribution in [0.15, 0.2) is 78.9 Å². The molecule has 27 heteroatoms. The second-order valence-corrected chi connectivity index (χ2v) is 17.7. The average Bonchev–Trinajstić information content (AvgIpc) is 3.32. The molecule has 26 nitrogen and oxygen atoms in total. The molecule has 0 aliphatic heterocycles. The number of phenolic OH excluding ortho intramolecular Hbond substituents is 1. The highest BCUT2D eigenvalue weighted by molar-refractivity contribution is 7.46. The molecular formula is C46H62N9O17P. The Kier molecular flexibility index (Phi) is 24.9. The predicted octanol–water partition coefficient (Wildman–Crippen LogP) is -2.84. The summed E-state index contributed by atoms with van der Waals surface area (Å²) in [5.74, 6) is -9.91. The maximum Gasteiger partial charge on any atom is 0.524 e. The lowest BCUT2D eigenvalue weighted by atomic mass is 10.00. The summed E-state index contributed by atoms with van der Waals surface area (Å²) >= 11 is 0. The highest BCUT2D eigenvalue weighted by atomic mass is 31.2. The van der Waals surface area contributed by atoms with Gasteiger partial charge in [0, 0.05) is 25.8 Å². The SMILES string of the molecule is CC(C)[C@H](NC(=O)[C@H](CC(N)=O)NC(=O)[C@H](Cc1ccc(O)cc1)NC(=O)CNC(=O)[C@H](Cc1ccccc1)NC(=O)COCCOCCN)C(=O)N[C@@H](Cc1ccc(OP(=O)(O)O)cc1)C(=O)NCC(=O)O. The summed E-state index contributed by atoms with van der Waals surface area (Å²) < 4.78 is 26.3. The summed E-state index contributed by atoms with van der Waals surface area (Å²) in [4.78, 5) is 137. The fraction of sp³-hybridized carbons (Fsp3) is 0.413. The number of ether oxygens (including phenoxy) is 2. The smallest absolute Gasteiger partial charge is 0.508 e. The van der Waals surface area contributed by atoms with Gasteiger partial charge in [0.25, 0.3) is 0 Å². The van der Waals surface area contributed by atoms with Gasteiger partial charge in [0.05, 0.1) is 32.8 Å². The number of phosphoric acid groups is 1. The molecule has 3 aromatic rings. The molecule has 0 spiro atoms. The third-order valence-electron chi connectivity index (χ3n) is 10.2. The van der Waals surface area contributed by atoms with Crippen LogP contribution in [0.3, 0.4) is 0 Å². The number of phenols is 1. The summed E-state index contributed by atoms with van der Waals surface area (Å²) in [6.45, 7) is 1.96. The van der Waals surface area contributed by atoms with Crippen molar-refractivity contribution in [3.05, 3.63) is 95.6 Å². The number of hydrogen-bond acceptors (Lipinski definition) is 15. The Morgan fingerprint density at radius 3 is 1.63 bits per heavy atom. The molecule has 398 valence electrons. The Balaban J connectivity index is 1.80. The number of nitrogens with two attached hydrogens (primary N) is 2. The van der Waals surface area contributed by atoms with Gasteiger partial charge < -0.3 is 72.9 Å². The second kappa shape index (κ2) is 30.4. The van der Waals surface area contributed by atoms with Crippen molar-refractivity contribution < 1.29 is 81.7 Å². The first-order valence-corrected chi connectivity index (χ1v) is 24.1. The van der Waals surface area contributed by atoms with Crippen molar-refractivity contribution in [2.45, 2.75) is 69.7 Å². The summed E-state index contributed by atoms with van der Waals surface area (Å²) in [7, 11) is -4.91. The minimum absolute atomic E-state index is 0.0211.